The number of rotatable bonds is 3. The molecule has 0 saturated carbocycles. The highest BCUT2D eigenvalue weighted by Crippen LogP contribution is 2.16. The Morgan fingerprint density at radius 3 is 3.12 bits per heavy atom. The Balaban J connectivity index is 2.39. The van der Waals surface area contributed by atoms with Gasteiger partial charge in [0.25, 0.3) is 5.56 Å². The number of anilines is 1. The zero-order chi connectivity index (χ0) is 12.4. The van der Waals surface area contributed by atoms with Gasteiger partial charge in [0.05, 0.1) is 0 Å². The summed E-state index contributed by atoms with van der Waals surface area (Å²) in [5.41, 5.74) is 4.32. The fourth-order valence-corrected chi connectivity index (χ4v) is 1.98. The van der Waals surface area contributed by atoms with Gasteiger partial charge < -0.3 is 0 Å². The Hall–Kier alpha value is -1.76. The van der Waals surface area contributed by atoms with Crippen LogP contribution in [0.1, 0.15) is 26.0 Å². The van der Waals surface area contributed by atoms with E-state index in [1.807, 2.05) is 13.8 Å². The first-order valence-electron chi connectivity index (χ1n) is 5.27. The summed E-state index contributed by atoms with van der Waals surface area (Å²) in [7, 11) is 0. The summed E-state index contributed by atoms with van der Waals surface area (Å²) in [5.74, 6) is 0. The van der Waals surface area contributed by atoms with E-state index in [9.17, 15) is 4.79 Å². The lowest BCUT2D eigenvalue weighted by Gasteiger charge is -1.94. The summed E-state index contributed by atoms with van der Waals surface area (Å²) in [6.45, 7) is 5.73. The maximum atomic E-state index is 11.6. The van der Waals surface area contributed by atoms with Gasteiger partial charge in [-0.1, -0.05) is 18.3 Å². The van der Waals surface area contributed by atoms with Crippen molar-refractivity contribution < 1.29 is 0 Å². The maximum Gasteiger partial charge on any atom is 0.275 e. The Kier molecular flexibility index (Phi) is 3.19. The van der Waals surface area contributed by atoms with Crippen LogP contribution in [0.3, 0.4) is 0 Å². The SMILES string of the molecule is CC/C(C)=N/Nc1nn2c(=O)cc(C)nc2s1. The van der Waals surface area contributed by atoms with E-state index in [0.29, 0.717) is 15.8 Å². The van der Waals surface area contributed by atoms with Gasteiger partial charge in [0, 0.05) is 17.5 Å². The molecule has 0 spiro atoms. The zero-order valence-electron chi connectivity index (χ0n) is 9.89. The number of nitrogens with one attached hydrogen (secondary N) is 1. The lowest BCUT2D eigenvalue weighted by Crippen LogP contribution is -2.14. The van der Waals surface area contributed by atoms with Crippen LogP contribution in [0.4, 0.5) is 5.13 Å². The summed E-state index contributed by atoms with van der Waals surface area (Å²) >= 11 is 1.30. The van der Waals surface area contributed by atoms with E-state index in [1.54, 1.807) is 6.92 Å². The molecule has 7 heteroatoms. The number of hydrogen-bond donors (Lipinski definition) is 1. The van der Waals surface area contributed by atoms with E-state index in [1.165, 1.54) is 21.9 Å². The van der Waals surface area contributed by atoms with Crippen LogP contribution in [0.5, 0.6) is 0 Å². The average Bonchev–Trinajstić information content (AvgIpc) is 2.69. The van der Waals surface area contributed by atoms with Crippen molar-refractivity contribution in [1.82, 2.24) is 14.6 Å². The molecule has 0 aliphatic rings. The van der Waals surface area contributed by atoms with Crippen molar-refractivity contribution in [3.8, 4) is 0 Å². The first-order valence-corrected chi connectivity index (χ1v) is 6.08. The lowest BCUT2D eigenvalue weighted by molar-refractivity contribution is 0.890. The molecular weight excluding hydrogens is 238 g/mol. The predicted octanol–water partition coefficient (Wildman–Crippen LogP) is 1.66. The largest absolute Gasteiger partial charge is 0.275 e. The van der Waals surface area contributed by atoms with E-state index in [2.05, 4.69) is 20.6 Å². The topological polar surface area (TPSA) is 71.7 Å². The van der Waals surface area contributed by atoms with Gasteiger partial charge in [0.1, 0.15) is 0 Å². The second kappa shape index (κ2) is 4.62. The molecule has 0 unspecified atom stereocenters. The number of hydrogen-bond acceptors (Lipinski definition) is 6. The molecule has 6 nitrogen and oxygen atoms in total. The molecule has 0 fully saturated rings. The molecule has 0 amide bonds. The summed E-state index contributed by atoms with van der Waals surface area (Å²) in [6.07, 6.45) is 0.870. The fraction of sp³-hybridized carbons (Fsp3) is 0.400. The van der Waals surface area contributed by atoms with Gasteiger partial charge >= 0.3 is 0 Å². The Morgan fingerprint density at radius 2 is 2.41 bits per heavy atom. The van der Waals surface area contributed by atoms with Crippen molar-refractivity contribution in [2.75, 3.05) is 5.43 Å². The van der Waals surface area contributed by atoms with Crippen molar-refractivity contribution in [2.24, 2.45) is 5.10 Å². The molecule has 0 saturated heterocycles. The summed E-state index contributed by atoms with van der Waals surface area (Å²) in [4.78, 5) is 16.4. The van der Waals surface area contributed by atoms with Gasteiger partial charge in [-0.15, -0.1) is 5.10 Å². The minimum absolute atomic E-state index is 0.173. The quantitative estimate of drug-likeness (QED) is 0.665. The number of fused-ring (bicyclic) bond motifs is 1. The van der Waals surface area contributed by atoms with Crippen molar-refractivity contribution in [3.63, 3.8) is 0 Å². The predicted molar refractivity (Wildman–Crippen MR) is 68.9 cm³/mol. The molecule has 0 atom stereocenters. The Morgan fingerprint density at radius 1 is 1.65 bits per heavy atom. The van der Waals surface area contributed by atoms with Crippen LogP contribution < -0.4 is 11.0 Å². The number of aryl methyl sites for hydroxylation is 1. The molecule has 2 heterocycles. The highest BCUT2D eigenvalue weighted by Gasteiger charge is 2.06. The van der Waals surface area contributed by atoms with Crippen LogP contribution in [0.2, 0.25) is 0 Å². The van der Waals surface area contributed by atoms with Crippen LogP contribution >= 0.6 is 11.3 Å². The molecule has 0 aromatic carbocycles. The van der Waals surface area contributed by atoms with Gasteiger partial charge in [0.15, 0.2) is 0 Å². The minimum Gasteiger partial charge on any atom is -0.267 e. The zero-order valence-corrected chi connectivity index (χ0v) is 10.7. The van der Waals surface area contributed by atoms with E-state index >= 15 is 0 Å². The third-order valence-electron chi connectivity index (χ3n) is 2.23. The Bertz CT molecular complexity index is 627. The van der Waals surface area contributed by atoms with Crippen LogP contribution in [0.25, 0.3) is 4.96 Å². The first kappa shape index (κ1) is 11.7. The molecule has 0 aliphatic carbocycles. The van der Waals surface area contributed by atoms with Crippen molar-refractivity contribution >= 4 is 27.1 Å². The van der Waals surface area contributed by atoms with E-state index < -0.39 is 0 Å². The summed E-state index contributed by atoms with van der Waals surface area (Å²) in [6, 6.07) is 1.46. The standard InChI is InChI=1S/C10H13N5OS/c1-4-6(2)12-13-9-14-15-8(16)5-7(3)11-10(15)17-9/h5H,4H2,1-3H3,(H,13,14)/b12-6+. The first-order chi connectivity index (χ1) is 8.10. The number of aromatic nitrogens is 3. The van der Waals surface area contributed by atoms with Gasteiger partial charge in [-0.3, -0.25) is 10.2 Å². The van der Waals surface area contributed by atoms with E-state index in [-0.39, 0.29) is 5.56 Å². The smallest absolute Gasteiger partial charge is 0.267 e. The third kappa shape index (κ3) is 2.50. The van der Waals surface area contributed by atoms with Gasteiger partial charge in [0.2, 0.25) is 10.1 Å². The van der Waals surface area contributed by atoms with Crippen molar-refractivity contribution in [2.45, 2.75) is 27.2 Å². The molecule has 90 valence electrons. The van der Waals surface area contributed by atoms with E-state index in [4.69, 9.17) is 0 Å². The summed E-state index contributed by atoms with van der Waals surface area (Å²) < 4.78 is 1.27. The fourth-order valence-electron chi connectivity index (χ4n) is 1.19. The van der Waals surface area contributed by atoms with Crippen molar-refractivity contribution in [3.05, 3.63) is 22.1 Å². The lowest BCUT2D eigenvalue weighted by atomic mass is 10.3. The van der Waals surface area contributed by atoms with Crippen molar-refractivity contribution in [1.29, 1.82) is 0 Å². The molecule has 2 aromatic rings. The highest BCUT2D eigenvalue weighted by atomic mass is 32.1. The molecule has 17 heavy (non-hydrogen) atoms. The normalized spacial score (nSPS) is 12.1. The maximum absolute atomic E-state index is 11.6. The van der Waals surface area contributed by atoms with Gasteiger partial charge in [-0.05, 0) is 20.3 Å². The number of hydrazone groups is 1. The van der Waals surface area contributed by atoms with Crippen LogP contribution in [-0.2, 0) is 0 Å². The molecule has 2 aromatic heterocycles. The molecule has 0 bridgehead atoms. The highest BCUT2D eigenvalue weighted by molar-refractivity contribution is 7.20. The molecule has 0 aliphatic heterocycles. The second-order valence-electron chi connectivity index (χ2n) is 3.65. The van der Waals surface area contributed by atoms with Crippen LogP contribution in [0.15, 0.2) is 16.0 Å². The molecule has 2 rings (SSSR count). The molecule has 0 radical (unpaired) electrons. The second-order valence-corrected chi connectivity index (χ2v) is 4.61. The third-order valence-corrected chi connectivity index (χ3v) is 3.04. The van der Waals surface area contributed by atoms with Crippen LogP contribution in [0, 0.1) is 6.92 Å². The average molecular weight is 251 g/mol. The molecule has 1 N–H and O–H groups in total. The van der Waals surface area contributed by atoms with Crippen LogP contribution in [-0.4, -0.2) is 20.3 Å². The van der Waals surface area contributed by atoms with Gasteiger partial charge in [-0.25, -0.2) is 4.98 Å². The minimum atomic E-state index is -0.173. The number of nitrogens with zero attached hydrogens (tertiary/aromatic N) is 4. The molecular formula is C10H13N5OS. The monoisotopic (exact) mass is 251 g/mol. The summed E-state index contributed by atoms with van der Waals surface area (Å²) in [5, 5.41) is 8.80. The van der Waals surface area contributed by atoms with Gasteiger partial charge in [-0.2, -0.15) is 9.62 Å². The van der Waals surface area contributed by atoms with E-state index in [0.717, 1.165) is 12.1 Å². The Labute approximate surface area is 102 Å².